The van der Waals surface area contributed by atoms with E-state index in [0.29, 0.717) is 41.7 Å². The highest BCUT2D eigenvalue weighted by Crippen LogP contribution is 2.27. The normalized spacial score (nSPS) is 17.9. The van der Waals surface area contributed by atoms with Gasteiger partial charge in [0.15, 0.2) is 0 Å². The Morgan fingerprint density at radius 1 is 1.10 bits per heavy atom. The molecule has 9 nitrogen and oxygen atoms in total. The number of nitrogens with zero attached hydrogens (tertiary/aromatic N) is 4. The first-order valence-corrected chi connectivity index (χ1v) is 14.1. The number of nitrogens with two attached hydrogens (primary N) is 1. The van der Waals surface area contributed by atoms with E-state index in [1.54, 1.807) is 24.3 Å². The molecule has 0 aliphatic carbocycles. The highest BCUT2D eigenvalue weighted by molar-refractivity contribution is 6.30. The third kappa shape index (κ3) is 6.61. The molecule has 4 aromatic rings. The minimum atomic E-state index is -0.847. The largest absolute Gasteiger partial charge is 0.474 e. The maximum Gasteiger partial charge on any atom is 0.409 e. The summed E-state index contributed by atoms with van der Waals surface area (Å²) in [6.45, 7) is 3.83. The summed E-state index contributed by atoms with van der Waals surface area (Å²) in [6, 6.07) is 15.6. The van der Waals surface area contributed by atoms with Crippen LogP contribution in [0.3, 0.4) is 0 Å². The van der Waals surface area contributed by atoms with Gasteiger partial charge in [-0.15, -0.1) is 0 Å². The van der Waals surface area contributed by atoms with Gasteiger partial charge in [-0.3, -0.25) is 4.90 Å². The van der Waals surface area contributed by atoms with Crippen molar-refractivity contribution in [3.63, 3.8) is 0 Å². The van der Waals surface area contributed by atoms with E-state index >= 15 is 0 Å². The van der Waals surface area contributed by atoms with Gasteiger partial charge in [0.25, 0.3) is 0 Å². The lowest BCUT2D eigenvalue weighted by Crippen LogP contribution is -2.39. The third-order valence-corrected chi connectivity index (χ3v) is 7.79. The number of likely N-dealkylation sites (tertiary alicyclic amines) is 1. The highest BCUT2D eigenvalue weighted by atomic mass is 35.5. The van der Waals surface area contributed by atoms with Crippen molar-refractivity contribution in [2.45, 2.75) is 51.0 Å². The molecule has 11 heteroatoms. The summed E-state index contributed by atoms with van der Waals surface area (Å²) in [5.74, 6) is 1.54. The van der Waals surface area contributed by atoms with Crippen LogP contribution in [0.4, 0.5) is 9.18 Å². The second-order valence-electron chi connectivity index (χ2n) is 10.5. The summed E-state index contributed by atoms with van der Waals surface area (Å²) >= 11 is 5.88. The van der Waals surface area contributed by atoms with Gasteiger partial charge in [-0.2, -0.15) is 0 Å². The van der Waals surface area contributed by atoms with Crippen molar-refractivity contribution in [2.24, 2.45) is 5.73 Å². The van der Waals surface area contributed by atoms with Gasteiger partial charge < -0.3 is 24.5 Å². The van der Waals surface area contributed by atoms with Gasteiger partial charge in [0.1, 0.15) is 23.5 Å². The number of amides is 1. The van der Waals surface area contributed by atoms with Crippen molar-refractivity contribution in [3.8, 4) is 11.6 Å². The molecule has 2 fully saturated rings. The number of halogens is 2. The number of carbonyl (C=O) groups is 1. The van der Waals surface area contributed by atoms with Gasteiger partial charge in [-0.05, 0) is 55.2 Å². The monoisotopic (exact) mass is 579 g/mol. The molecule has 2 aromatic heterocycles. The second-order valence-corrected chi connectivity index (χ2v) is 10.9. The number of imidazole rings is 1. The van der Waals surface area contributed by atoms with Crippen LogP contribution in [0.1, 0.15) is 36.3 Å². The lowest BCUT2D eigenvalue weighted by molar-refractivity contribution is -0.0592. The number of carbonyl (C=O) groups excluding carboxylic acids is 1. The topological polar surface area (TPSA) is 105 Å². The molecule has 2 aliphatic heterocycles. The Morgan fingerprint density at radius 3 is 2.66 bits per heavy atom. The Bertz CT molecular complexity index is 1550. The minimum Gasteiger partial charge on any atom is -0.474 e. The summed E-state index contributed by atoms with van der Waals surface area (Å²) in [4.78, 5) is 23.1. The molecule has 214 valence electrons. The number of piperidine rings is 1. The predicted molar refractivity (Wildman–Crippen MR) is 152 cm³/mol. The number of hydrogen-bond donors (Lipinski definition) is 1. The average Bonchev–Trinajstić information content (AvgIpc) is 3.25. The summed E-state index contributed by atoms with van der Waals surface area (Å²) in [7, 11) is 0. The number of primary amides is 1. The Balaban J connectivity index is 1.09. The Morgan fingerprint density at radius 2 is 1.93 bits per heavy atom. The van der Waals surface area contributed by atoms with Gasteiger partial charge in [-0.25, -0.2) is 19.2 Å². The maximum atomic E-state index is 14.3. The quantitative estimate of drug-likeness (QED) is 0.294. The SMILES string of the molecule is NC(=O)Oc1ccc2nc(CN3CCC(Oc4cccc(Cc5ccc(Cl)cc5F)n4)CC3)n(C[C@@H]3CCO3)c2c1. The van der Waals surface area contributed by atoms with Crippen molar-refractivity contribution in [1.82, 2.24) is 19.4 Å². The molecule has 0 saturated carbocycles. The second kappa shape index (κ2) is 12.0. The Labute approximate surface area is 242 Å². The van der Waals surface area contributed by atoms with Gasteiger partial charge >= 0.3 is 6.09 Å². The van der Waals surface area contributed by atoms with Crippen LogP contribution in [0.5, 0.6) is 11.6 Å². The van der Waals surface area contributed by atoms with Crippen LogP contribution in [-0.4, -0.2) is 57.4 Å². The summed E-state index contributed by atoms with van der Waals surface area (Å²) in [5, 5.41) is 0.371. The predicted octanol–water partition coefficient (Wildman–Crippen LogP) is 5.10. The molecule has 0 bridgehead atoms. The van der Waals surface area contributed by atoms with Crippen LogP contribution in [0.15, 0.2) is 54.6 Å². The van der Waals surface area contributed by atoms with Crippen LogP contribution in [0.25, 0.3) is 11.0 Å². The first kappa shape index (κ1) is 27.4. The van der Waals surface area contributed by atoms with E-state index in [2.05, 4.69) is 14.5 Å². The lowest BCUT2D eigenvalue weighted by atomic mass is 10.1. The van der Waals surface area contributed by atoms with E-state index in [1.165, 1.54) is 6.07 Å². The number of rotatable bonds is 9. The Kier molecular flexibility index (Phi) is 8.04. The van der Waals surface area contributed by atoms with Gasteiger partial charge in [-0.1, -0.05) is 23.7 Å². The van der Waals surface area contributed by atoms with E-state index in [4.69, 9.17) is 36.5 Å². The third-order valence-electron chi connectivity index (χ3n) is 7.55. The van der Waals surface area contributed by atoms with Gasteiger partial charge in [0, 0.05) is 49.0 Å². The van der Waals surface area contributed by atoms with Gasteiger partial charge in [0.05, 0.1) is 30.2 Å². The first-order valence-electron chi connectivity index (χ1n) is 13.8. The molecule has 2 aromatic carbocycles. The maximum absolute atomic E-state index is 14.3. The van der Waals surface area contributed by atoms with Crippen LogP contribution < -0.4 is 15.2 Å². The fourth-order valence-electron chi connectivity index (χ4n) is 5.33. The van der Waals surface area contributed by atoms with E-state index < -0.39 is 6.09 Å². The highest BCUT2D eigenvalue weighted by Gasteiger charge is 2.26. The van der Waals surface area contributed by atoms with Crippen molar-refractivity contribution in [1.29, 1.82) is 0 Å². The number of hydrogen-bond acceptors (Lipinski definition) is 7. The van der Waals surface area contributed by atoms with Crippen LogP contribution >= 0.6 is 11.6 Å². The fraction of sp³-hybridized carbons (Fsp3) is 0.367. The molecular formula is C30H31ClFN5O4. The zero-order chi connectivity index (χ0) is 28.3. The molecule has 2 N–H and O–H groups in total. The molecule has 4 heterocycles. The van der Waals surface area contributed by atoms with Crippen LogP contribution in [0.2, 0.25) is 5.02 Å². The number of benzene rings is 2. The van der Waals surface area contributed by atoms with Crippen molar-refractivity contribution in [3.05, 3.63) is 82.5 Å². The molecule has 6 rings (SSSR count). The number of aromatic nitrogens is 3. The minimum absolute atomic E-state index is 0.0389. The van der Waals surface area contributed by atoms with Gasteiger partial charge in [0.2, 0.25) is 5.88 Å². The molecule has 2 saturated heterocycles. The molecule has 1 atom stereocenters. The standard InChI is InChI=1S/C30H31ClFN5O4/c31-20-5-4-19(25(32)15-20)14-21-2-1-3-29(34-21)40-22-8-11-36(12-9-22)18-28-35-26-7-6-23(41-30(33)38)16-27(26)37(28)17-24-10-13-39-24/h1-7,15-16,22,24H,8-14,17-18H2,(H2,33,38)/t24-/m0/s1. The van der Waals surface area contributed by atoms with Crippen molar-refractivity contribution >= 4 is 28.7 Å². The average molecular weight is 580 g/mol. The summed E-state index contributed by atoms with van der Waals surface area (Å²) < 4.78 is 33.4. The molecule has 2 aliphatic rings. The van der Waals surface area contributed by atoms with E-state index in [9.17, 15) is 9.18 Å². The molecule has 0 spiro atoms. The smallest absolute Gasteiger partial charge is 0.409 e. The van der Waals surface area contributed by atoms with E-state index in [-0.39, 0.29) is 18.0 Å². The molecule has 41 heavy (non-hydrogen) atoms. The first-order chi connectivity index (χ1) is 19.9. The Hall–Kier alpha value is -3.73. The summed E-state index contributed by atoms with van der Waals surface area (Å²) in [5.41, 5.74) is 8.21. The van der Waals surface area contributed by atoms with E-state index in [1.807, 2.05) is 24.3 Å². The molecule has 0 radical (unpaired) electrons. The summed E-state index contributed by atoms with van der Waals surface area (Å²) in [6.07, 6.45) is 2.40. The molecular weight excluding hydrogens is 549 g/mol. The van der Waals surface area contributed by atoms with E-state index in [0.717, 1.165) is 61.5 Å². The number of ether oxygens (including phenoxy) is 3. The van der Waals surface area contributed by atoms with Crippen LogP contribution in [0, 0.1) is 5.82 Å². The number of pyridine rings is 1. The zero-order valence-corrected chi connectivity index (χ0v) is 23.2. The number of fused-ring (bicyclic) bond motifs is 1. The lowest BCUT2D eigenvalue weighted by Gasteiger charge is -2.32. The molecule has 0 unspecified atom stereocenters. The van der Waals surface area contributed by atoms with Crippen molar-refractivity contribution < 1.29 is 23.4 Å². The molecule has 1 amide bonds. The van der Waals surface area contributed by atoms with Crippen molar-refractivity contribution in [2.75, 3.05) is 19.7 Å². The van der Waals surface area contributed by atoms with Crippen LogP contribution in [-0.2, 0) is 24.2 Å². The fourth-order valence-corrected chi connectivity index (χ4v) is 5.49. The zero-order valence-electron chi connectivity index (χ0n) is 22.5.